The van der Waals surface area contributed by atoms with Crippen molar-refractivity contribution in [3.63, 3.8) is 0 Å². The zero-order chi connectivity index (χ0) is 14.5. The molecule has 0 fully saturated rings. The largest absolute Gasteiger partial charge is 0.493 e. The summed E-state index contributed by atoms with van der Waals surface area (Å²) in [7, 11) is 3.11. The fraction of sp³-hybridized carbons (Fsp3) is 0.286. The van der Waals surface area contributed by atoms with Crippen molar-refractivity contribution in [2.45, 2.75) is 0 Å². The van der Waals surface area contributed by atoms with Gasteiger partial charge in [0.25, 0.3) is 5.56 Å². The molecule has 0 spiro atoms. The van der Waals surface area contributed by atoms with E-state index in [1.54, 1.807) is 19.2 Å². The number of aromatic nitrogens is 1. The number of nitrogens with zero attached hydrogens (tertiary/aromatic N) is 1. The molecule has 0 radical (unpaired) electrons. The molecule has 6 nitrogen and oxygen atoms in total. The topological polar surface area (TPSA) is 84.3 Å². The van der Waals surface area contributed by atoms with Crippen molar-refractivity contribution in [2.75, 3.05) is 27.4 Å². The molecular weight excluding hydrogens is 260 g/mol. The van der Waals surface area contributed by atoms with E-state index in [0.717, 1.165) is 0 Å². The predicted molar refractivity (Wildman–Crippen MR) is 73.2 cm³/mol. The molecule has 1 N–H and O–H groups in total. The third kappa shape index (κ3) is 2.73. The Bertz CT molecular complexity index is 715. The molecule has 0 atom stereocenters. The molecule has 0 unspecified atom stereocenters. The first-order valence-corrected chi connectivity index (χ1v) is 5.96. The van der Waals surface area contributed by atoms with Crippen molar-refractivity contribution in [3.05, 3.63) is 34.1 Å². The summed E-state index contributed by atoms with van der Waals surface area (Å²) in [4.78, 5) is 14.3. The average Bonchev–Trinajstić information content (AvgIpc) is 2.46. The van der Waals surface area contributed by atoms with E-state index in [1.807, 2.05) is 6.07 Å². The van der Waals surface area contributed by atoms with Gasteiger partial charge in [-0.25, -0.2) is 0 Å². The SMILES string of the molecule is COCCOc1cc2[nH]c(=O)c(C#N)cc2cc1OC. The van der Waals surface area contributed by atoms with Gasteiger partial charge >= 0.3 is 0 Å². The van der Waals surface area contributed by atoms with E-state index < -0.39 is 5.56 Å². The first kappa shape index (κ1) is 13.9. The molecule has 2 rings (SSSR count). The van der Waals surface area contributed by atoms with E-state index in [-0.39, 0.29) is 5.56 Å². The number of H-pyrrole nitrogens is 1. The lowest BCUT2D eigenvalue weighted by atomic mass is 10.1. The van der Waals surface area contributed by atoms with Crippen molar-refractivity contribution in [2.24, 2.45) is 0 Å². The number of ether oxygens (including phenoxy) is 3. The molecule has 6 heteroatoms. The van der Waals surface area contributed by atoms with E-state index in [1.165, 1.54) is 13.2 Å². The third-order valence-corrected chi connectivity index (χ3v) is 2.79. The fourth-order valence-electron chi connectivity index (χ4n) is 1.80. The van der Waals surface area contributed by atoms with Crippen LogP contribution in [0.4, 0.5) is 0 Å². The van der Waals surface area contributed by atoms with Gasteiger partial charge in [-0.3, -0.25) is 4.79 Å². The van der Waals surface area contributed by atoms with Crippen LogP contribution in [0.3, 0.4) is 0 Å². The zero-order valence-corrected chi connectivity index (χ0v) is 11.2. The monoisotopic (exact) mass is 274 g/mol. The highest BCUT2D eigenvalue weighted by Gasteiger charge is 2.09. The molecule has 104 valence electrons. The zero-order valence-electron chi connectivity index (χ0n) is 11.2. The number of rotatable bonds is 5. The van der Waals surface area contributed by atoms with Crippen LogP contribution in [-0.2, 0) is 4.74 Å². The van der Waals surface area contributed by atoms with Crippen LogP contribution >= 0.6 is 0 Å². The summed E-state index contributed by atoms with van der Waals surface area (Å²) in [6, 6.07) is 6.76. The van der Waals surface area contributed by atoms with Crippen LogP contribution in [-0.4, -0.2) is 32.4 Å². The van der Waals surface area contributed by atoms with Crippen LogP contribution in [0.2, 0.25) is 0 Å². The van der Waals surface area contributed by atoms with Crippen LogP contribution in [0, 0.1) is 11.3 Å². The maximum atomic E-state index is 11.6. The highest BCUT2D eigenvalue weighted by molar-refractivity contribution is 5.83. The molecule has 0 saturated heterocycles. The summed E-state index contributed by atoms with van der Waals surface area (Å²) in [6.07, 6.45) is 0. The summed E-state index contributed by atoms with van der Waals surface area (Å²) in [5, 5.41) is 9.57. The highest BCUT2D eigenvalue weighted by atomic mass is 16.5. The summed E-state index contributed by atoms with van der Waals surface area (Å²) in [6.45, 7) is 0.823. The Balaban J connectivity index is 2.49. The van der Waals surface area contributed by atoms with Crippen LogP contribution in [0.5, 0.6) is 11.5 Å². The van der Waals surface area contributed by atoms with Crippen molar-refractivity contribution < 1.29 is 14.2 Å². The highest BCUT2D eigenvalue weighted by Crippen LogP contribution is 2.31. The minimum atomic E-state index is -0.423. The van der Waals surface area contributed by atoms with Crippen molar-refractivity contribution in [1.29, 1.82) is 5.26 Å². The first-order valence-electron chi connectivity index (χ1n) is 5.96. The Kier molecular flexibility index (Phi) is 4.23. The maximum absolute atomic E-state index is 11.6. The maximum Gasteiger partial charge on any atom is 0.266 e. The molecule has 0 bridgehead atoms. The van der Waals surface area contributed by atoms with Crippen LogP contribution in [0.15, 0.2) is 23.0 Å². The second-order valence-corrected chi connectivity index (χ2v) is 4.06. The van der Waals surface area contributed by atoms with Crippen molar-refractivity contribution >= 4 is 10.9 Å². The predicted octanol–water partition coefficient (Wildman–Crippen LogP) is 1.43. The summed E-state index contributed by atoms with van der Waals surface area (Å²) in [5.41, 5.74) is 0.225. The smallest absolute Gasteiger partial charge is 0.266 e. The van der Waals surface area contributed by atoms with Gasteiger partial charge in [0.15, 0.2) is 11.5 Å². The lowest BCUT2D eigenvalue weighted by Gasteiger charge is -2.11. The van der Waals surface area contributed by atoms with Gasteiger partial charge in [0.2, 0.25) is 0 Å². The molecular formula is C14H14N2O4. The lowest BCUT2D eigenvalue weighted by molar-refractivity contribution is 0.144. The molecule has 1 heterocycles. The molecule has 0 aliphatic carbocycles. The quantitative estimate of drug-likeness (QED) is 0.834. The Hall–Kier alpha value is -2.52. The average molecular weight is 274 g/mol. The second kappa shape index (κ2) is 6.08. The van der Waals surface area contributed by atoms with Gasteiger partial charge in [-0.1, -0.05) is 0 Å². The Morgan fingerprint density at radius 1 is 1.20 bits per heavy atom. The molecule has 20 heavy (non-hydrogen) atoms. The fourth-order valence-corrected chi connectivity index (χ4v) is 1.80. The summed E-state index contributed by atoms with van der Waals surface area (Å²) < 4.78 is 15.7. The second-order valence-electron chi connectivity index (χ2n) is 4.06. The van der Waals surface area contributed by atoms with Crippen LogP contribution in [0.1, 0.15) is 5.56 Å². The summed E-state index contributed by atoms with van der Waals surface area (Å²) >= 11 is 0. The number of fused-ring (bicyclic) bond motifs is 1. The minimum absolute atomic E-state index is 0.0626. The normalized spacial score (nSPS) is 10.2. The standard InChI is InChI=1S/C14H14N2O4/c1-18-3-4-20-13-7-11-9(6-12(13)19-2)5-10(8-15)14(17)16-11/h5-7H,3-4H2,1-2H3,(H,16,17). The number of aromatic amines is 1. The molecule has 0 aliphatic rings. The Labute approximate surface area is 115 Å². The van der Waals surface area contributed by atoms with Crippen molar-refractivity contribution in [3.8, 4) is 17.6 Å². The number of nitrogens with one attached hydrogen (secondary N) is 1. The van der Waals surface area contributed by atoms with Crippen LogP contribution < -0.4 is 15.0 Å². The number of hydrogen-bond donors (Lipinski definition) is 1. The third-order valence-electron chi connectivity index (χ3n) is 2.79. The van der Waals surface area contributed by atoms with Gasteiger partial charge in [-0.15, -0.1) is 0 Å². The number of methoxy groups -OCH3 is 2. The van der Waals surface area contributed by atoms with Gasteiger partial charge in [0.1, 0.15) is 18.2 Å². The van der Waals surface area contributed by atoms with E-state index in [2.05, 4.69) is 4.98 Å². The lowest BCUT2D eigenvalue weighted by Crippen LogP contribution is -2.10. The molecule has 0 saturated carbocycles. The van der Waals surface area contributed by atoms with Gasteiger partial charge in [0, 0.05) is 18.6 Å². The Morgan fingerprint density at radius 2 is 2.00 bits per heavy atom. The number of nitriles is 1. The van der Waals surface area contributed by atoms with Gasteiger partial charge < -0.3 is 19.2 Å². The molecule has 1 aromatic heterocycles. The van der Waals surface area contributed by atoms with Crippen LogP contribution in [0.25, 0.3) is 10.9 Å². The van der Waals surface area contributed by atoms with Gasteiger partial charge in [-0.2, -0.15) is 5.26 Å². The van der Waals surface area contributed by atoms with E-state index in [4.69, 9.17) is 19.5 Å². The molecule has 0 aliphatic heterocycles. The Morgan fingerprint density at radius 3 is 2.65 bits per heavy atom. The summed E-state index contributed by atoms with van der Waals surface area (Å²) in [5.74, 6) is 1.04. The first-order chi connectivity index (χ1) is 9.69. The van der Waals surface area contributed by atoms with E-state index in [9.17, 15) is 4.79 Å². The number of benzene rings is 1. The molecule has 0 amide bonds. The van der Waals surface area contributed by atoms with Crippen molar-refractivity contribution in [1.82, 2.24) is 4.98 Å². The van der Waals surface area contributed by atoms with E-state index >= 15 is 0 Å². The number of pyridine rings is 1. The van der Waals surface area contributed by atoms with Gasteiger partial charge in [0.05, 0.1) is 19.2 Å². The van der Waals surface area contributed by atoms with Gasteiger partial charge in [-0.05, 0) is 12.1 Å². The van der Waals surface area contributed by atoms with E-state index in [0.29, 0.717) is 35.6 Å². The molecule has 1 aromatic carbocycles. The minimum Gasteiger partial charge on any atom is -0.493 e. The molecule has 2 aromatic rings. The number of hydrogen-bond acceptors (Lipinski definition) is 5.